The van der Waals surface area contributed by atoms with Crippen LogP contribution in [0, 0.1) is 0 Å². The minimum atomic E-state index is -1.56. The third-order valence-corrected chi connectivity index (χ3v) is 13.0. The van der Waals surface area contributed by atoms with Gasteiger partial charge in [0, 0.05) is 6.42 Å². The molecule has 1 saturated heterocycles. The molecule has 6 N–H and O–H groups in total. The minimum Gasteiger partial charge on any atom is -0.394 e. The molecule has 1 heterocycles. The Kier molecular flexibility index (Phi) is 42.2. The van der Waals surface area contributed by atoms with Crippen LogP contribution >= 0.6 is 0 Å². The lowest BCUT2D eigenvalue weighted by Gasteiger charge is -2.40. The van der Waals surface area contributed by atoms with Gasteiger partial charge in [-0.1, -0.05) is 231 Å². The number of hydrogen-bond acceptors (Lipinski definition) is 8. The summed E-state index contributed by atoms with van der Waals surface area (Å²) < 4.78 is 11.2. The van der Waals surface area contributed by atoms with Crippen molar-refractivity contribution < 1.29 is 39.8 Å². The molecule has 7 unspecified atom stereocenters. The Labute approximate surface area is 388 Å². The van der Waals surface area contributed by atoms with E-state index in [4.69, 9.17) is 9.47 Å². The maximum Gasteiger partial charge on any atom is 0.220 e. The van der Waals surface area contributed by atoms with Crippen LogP contribution in [0.25, 0.3) is 0 Å². The van der Waals surface area contributed by atoms with Gasteiger partial charge in [0.15, 0.2) is 6.29 Å². The highest BCUT2D eigenvalue weighted by Gasteiger charge is 2.44. The molecule has 0 spiro atoms. The van der Waals surface area contributed by atoms with Crippen molar-refractivity contribution in [3.05, 3.63) is 24.3 Å². The Morgan fingerprint density at radius 3 is 1.29 bits per heavy atom. The van der Waals surface area contributed by atoms with Gasteiger partial charge in [0.25, 0.3) is 0 Å². The number of ether oxygens (including phenoxy) is 2. The number of unbranched alkanes of at least 4 members (excludes halogenated alkanes) is 34. The van der Waals surface area contributed by atoms with Gasteiger partial charge in [-0.25, -0.2) is 0 Å². The number of hydrogen-bond donors (Lipinski definition) is 6. The van der Waals surface area contributed by atoms with Gasteiger partial charge in [-0.15, -0.1) is 0 Å². The summed E-state index contributed by atoms with van der Waals surface area (Å²) in [6, 6.07) is -0.800. The smallest absolute Gasteiger partial charge is 0.220 e. The van der Waals surface area contributed by atoms with E-state index in [9.17, 15) is 30.3 Å². The lowest BCUT2D eigenvalue weighted by atomic mass is 9.99. The highest BCUT2D eigenvalue weighted by atomic mass is 16.7. The molecule has 0 aliphatic carbocycles. The van der Waals surface area contributed by atoms with Crippen LogP contribution in [0.3, 0.4) is 0 Å². The standard InChI is InChI=1S/C54H103NO8/c1-3-5-7-9-11-13-14-15-16-17-18-19-20-21-22-23-24-25-26-27-28-29-30-31-32-33-34-36-38-40-42-44-50(58)55-47(48(57)43-41-39-37-35-12-10-8-6-4-2)46-62-54-53(61)52(60)51(59)49(45-56)63-54/h21-22,41,43,47-49,51-54,56-57,59-61H,3-20,23-40,42,44-46H2,1-2H3,(H,55,58)/b22-21-,43-41+. The Bertz CT molecular complexity index is 1040. The first-order chi connectivity index (χ1) is 30.8. The molecule has 0 bridgehead atoms. The van der Waals surface area contributed by atoms with Gasteiger partial charge >= 0.3 is 0 Å². The summed E-state index contributed by atoms with van der Waals surface area (Å²) in [6.45, 7) is 3.76. The molecule has 1 fully saturated rings. The van der Waals surface area contributed by atoms with Gasteiger partial charge in [-0.05, 0) is 44.9 Å². The number of aliphatic hydroxyl groups excluding tert-OH is 5. The number of carbonyl (C=O) groups excluding carboxylic acids is 1. The number of nitrogens with one attached hydrogen (secondary N) is 1. The molecule has 0 aromatic rings. The fraction of sp³-hybridized carbons (Fsp3) is 0.907. The summed E-state index contributed by atoms with van der Waals surface area (Å²) in [5, 5.41) is 54.1. The Hall–Kier alpha value is -1.33. The highest BCUT2D eigenvalue weighted by Crippen LogP contribution is 2.23. The van der Waals surface area contributed by atoms with Crippen molar-refractivity contribution >= 4 is 5.91 Å². The van der Waals surface area contributed by atoms with Crippen LogP contribution in [-0.2, 0) is 14.3 Å². The number of carbonyl (C=O) groups is 1. The highest BCUT2D eigenvalue weighted by molar-refractivity contribution is 5.76. The number of aliphatic hydroxyl groups is 5. The Morgan fingerprint density at radius 2 is 0.889 bits per heavy atom. The van der Waals surface area contributed by atoms with E-state index >= 15 is 0 Å². The second-order valence-electron chi connectivity index (χ2n) is 19.0. The van der Waals surface area contributed by atoms with Crippen LogP contribution in [0.1, 0.15) is 258 Å². The van der Waals surface area contributed by atoms with Crippen molar-refractivity contribution in [2.45, 2.75) is 301 Å². The summed E-state index contributed by atoms with van der Waals surface area (Å²) in [5.74, 6) is -0.176. The van der Waals surface area contributed by atoms with Crippen LogP contribution in [0.15, 0.2) is 24.3 Å². The normalized spacial score (nSPS) is 20.3. The third kappa shape index (κ3) is 34.6. The molecule has 7 atom stereocenters. The quantitative estimate of drug-likeness (QED) is 0.0261. The van der Waals surface area contributed by atoms with E-state index < -0.39 is 49.5 Å². The fourth-order valence-corrected chi connectivity index (χ4v) is 8.68. The minimum absolute atomic E-state index is 0.176. The van der Waals surface area contributed by atoms with Gasteiger partial charge in [-0.2, -0.15) is 0 Å². The molecule has 0 saturated carbocycles. The molecule has 63 heavy (non-hydrogen) atoms. The monoisotopic (exact) mass is 894 g/mol. The molecule has 9 nitrogen and oxygen atoms in total. The molecule has 0 radical (unpaired) electrons. The second kappa shape index (κ2) is 44.5. The van der Waals surface area contributed by atoms with Crippen molar-refractivity contribution in [3.8, 4) is 0 Å². The van der Waals surface area contributed by atoms with Crippen molar-refractivity contribution in [1.82, 2.24) is 5.32 Å². The first kappa shape index (κ1) is 59.7. The van der Waals surface area contributed by atoms with Gasteiger partial charge in [-0.3, -0.25) is 4.79 Å². The summed E-state index contributed by atoms with van der Waals surface area (Å²) in [4.78, 5) is 13.0. The maximum absolute atomic E-state index is 13.0. The maximum atomic E-state index is 13.0. The Morgan fingerprint density at radius 1 is 0.524 bits per heavy atom. The van der Waals surface area contributed by atoms with E-state index in [-0.39, 0.29) is 12.5 Å². The zero-order chi connectivity index (χ0) is 45.9. The predicted molar refractivity (Wildman–Crippen MR) is 263 cm³/mol. The van der Waals surface area contributed by atoms with Gasteiger partial charge in [0.05, 0.1) is 25.4 Å². The molecule has 372 valence electrons. The predicted octanol–water partition coefficient (Wildman–Crippen LogP) is 12.6. The molecule has 1 rings (SSSR count). The lowest BCUT2D eigenvalue weighted by molar-refractivity contribution is -0.302. The van der Waals surface area contributed by atoms with E-state index in [0.717, 1.165) is 38.5 Å². The number of allylic oxidation sites excluding steroid dienone is 3. The topological polar surface area (TPSA) is 149 Å². The van der Waals surface area contributed by atoms with E-state index in [2.05, 4.69) is 31.3 Å². The fourth-order valence-electron chi connectivity index (χ4n) is 8.68. The van der Waals surface area contributed by atoms with Crippen LogP contribution in [0.4, 0.5) is 0 Å². The van der Waals surface area contributed by atoms with E-state index in [1.165, 1.54) is 199 Å². The third-order valence-electron chi connectivity index (χ3n) is 13.0. The van der Waals surface area contributed by atoms with Crippen LogP contribution in [0.5, 0.6) is 0 Å². The van der Waals surface area contributed by atoms with Crippen molar-refractivity contribution in [3.63, 3.8) is 0 Å². The van der Waals surface area contributed by atoms with E-state index in [0.29, 0.717) is 6.42 Å². The zero-order valence-corrected chi connectivity index (χ0v) is 41.1. The molecule has 1 aliphatic heterocycles. The number of amides is 1. The van der Waals surface area contributed by atoms with Crippen LogP contribution in [0.2, 0.25) is 0 Å². The summed E-state index contributed by atoms with van der Waals surface area (Å²) in [7, 11) is 0. The number of rotatable bonds is 46. The molecule has 0 aromatic heterocycles. The van der Waals surface area contributed by atoms with Gasteiger partial charge in [0.1, 0.15) is 24.4 Å². The summed E-state index contributed by atoms with van der Waals surface area (Å²) in [5.41, 5.74) is 0. The first-order valence-electron chi connectivity index (χ1n) is 27.1. The summed E-state index contributed by atoms with van der Waals surface area (Å²) in [6.07, 6.45) is 48.4. The van der Waals surface area contributed by atoms with Crippen molar-refractivity contribution in [2.75, 3.05) is 13.2 Å². The second-order valence-corrected chi connectivity index (χ2v) is 19.0. The average molecular weight is 894 g/mol. The van der Waals surface area contributed by atoms with Gasteiger partial charge < -0.3 is 40.3 Å². The first-order valence-corrected chi connectivity index (χ1v) is 27.1. The molecule has 9 heteroatoms. The van der Waals surface area contributed by atoms with E-state index in [1.54, 1.807) is 6.08 Å². The SMILES string of the molecule is CCCCCCCCC/C=C/C(O)C(COC1OC(CO)C(O)C(O)C1O)NC(=O)CCCCCCCCCCCCCCCCC/C=C\CCCCCCCCCCCCCC. The van der Waals surface area contributed by atoms with Crippen LogP contribution < -0.4 is 5.32 Å². The molecule has 1 amide bonds. The largest absolute Gasteiger partial charge is 0.394 e. The Balaban J connectivity index is 2.09. The van der Waals surface area contributed by atoms with Crippen molar-refractivity contribution in [2.24, 2.45) is 0 Å². The van der Waals surface area contributed by atoms with Gasteiger partial charge in [0.2, 0.25) is 5.91 Å². The van der Waals surface area contributed by atoms with Crippen molar-refractivity contribution in [1.29, 1.82) is 0 Å². The lowest BCUT2D eigenvalue weighted by Crippen LogP contribution is -2.60. The average Bonchev–Trinajstić information content (AvgIpc) is 3.28. The molecule has 0 aromatic carbocycles. The molecular weight excluding hydrogens is 791 g/mol. The van der Waals surface area contributed by atoms with E-state index in [1.807, 2.05) is 6.08 Å². The molecular formula is C54H103NO8. The molecule has 1 aliphatic rings. The summed E-state index contributed by atoms with van der Waals surface area (Å²) >= 11 is 0. The zero-order valence-electron chi connectivity index (χ0n) is 41.1. The van der Waals surface area contributed by atoms with Crippen LogP contribution in [-0.4, -0.2) is 87.5 Å².